The van der Waals surface area contributed by atoms with Crippen LogP contribution in [0.1, 0.15) is 65.7 Å². The van der Waals surface area contributed by atoms with Gasteiger partial charge in [-0.3, -0.25) is 0 Å². The lowest BCUT2D eigenvalue weighted by Crippen LogP contribution is -2.19. The van der Waals surface area contributed by atoms with Crippen molar-refractivity contribution < 1.29 is 0 Å². The largest absolute Gasteiger partial charge is 0.0651 e. The lowest BCUT2D eigenvalue weighted by molar-refractivity contribution is 0.211. The van der Waals surface area contributed by atoms with E-state index < -0.39 is 0 Å². The molecule has 3 unspecified atom stereocenters. The first-order valence-corrected chi connectivity index (χ1v) is 6.68. The second-order valence-electron chi connectivity index (χ2n) is 6.10. The molecule has 0 nitrogen and oxygen atoms in total. The van der Waals surface area contributed by atoms with Crippen LogP contribution < -0.4 is 0 Å². The van der Waals surface area contributed by atoms with Crippen molar-refractivity contribution in [2.45, 2.75) is 65.7 Å². The molecule has 2 fully saturated rings. The molecule has 0 saturated heterocycles. The molecule has 2 aliphatic carbocycles. The summed E-state index contributed by atoms with van der Waals surface area (Å²) in [6, 6.07) is 0. The highest BCUT2D eigenvalue weighted by molar-refractivity contribution is 4.93. The molecule has 0 aromatic heterocycles. The van der Waals surface area contributed by atoms with E-state index in [2.05, 4.69) is 20.8 Å². The van der Waals surface area contributed by atoms with Crippen molar-refractivity contribution in [1.82, 2.24) is 0 Å². The van der Waals surface area contributed by atoms with Gasteiger partial charge in [-0.05, 0) is 42.4 Å². The minimum absolute atomic E-state index is 0.689. The second kappa shape index (κ2) is 3.87. The van der Waals surface area contributed by atoms with Gasteiger partial charge in [-0.2, -0.15) is 0 Å². The highest BCUT2D eigenvalue weighted by atomic mass is 14.5. The van der Waals surface area contributed by atoms with Crippen LogP contribution in [-0.4, -0.2) is 0 Å². The Morgan fingerprint density at radius 2 is 1.86 bits per heavy atom. The first-order valence-electron chi connectivity index (χ1n) is 6.68. The summed E-state index contributed by atoms with van der Waals surface area (Å²) in [6.45, 7) is 7.31. The molecule has 0 spiro atoms. The molecule has 0 radical (unpaired) electrons. The molecule has 0 amide bonds. The fraction of sp³-hybridized carbons (Fsp3) is 1.00. The standard InChI is InChI=1S/C14H26/c1-4-13-9-12(8-11-6-7-11)10-14(13,3)5-2/h11-13H,4-10H2,1-3H3. The first kappa shape index (κ1) is 10.5. The minimum Gasteiger partial charge on any atom is -0.0651 e. The zero-order valence-electron chi connectivity index (χ0n) is 10.2. The van der Waals surface area contributed by atoms with Gasteiger partial charge in [-0.1, -0.05) is 46.5 Å². The van der Waals surface area contributed by atoms with Crippen molar-refractivity contribution in [1.29, 1.82) is 0 Å². The molecule has 0 N–H and O–H groups in total. The minimum atomic E-state index is 0.689. The summed E-state index contributed by atoms with van der Waals surface area (Å²) in [5.41, 5.74) is 0.689. The maximum Gasteiger partial charge on any atom is -0.0298 e. The SMILES string of the molecule is CCC1CC(CC2CC2)CC1(C)CC. The van der Waals surface area contributed by atoms with E-state index in [0.29, 0.717) is 5.41 Å². The van der Waals surface area contributed by atoms with Crippen LogP contribution in [0.25, 0.3) is 0 Å². The van der Waals surface area contributed by atoms with Gasteiger partial charge in [0.25, 0.3) is 0 Å². The normalized spacial score (nSPS) is 43.1. The predicted molar refractivity (Wildman–Crippen MR) is 62.2 cm³/mol. The van der Waals surface area contributed by atoms with Gasteiger partial charge < -0.3 is 0 Å². The zero-order chi connectivity index (χ0) is 10.2. The summed E-state index contributed by atoms with van der Waals surface area (Å²) in [7, 11) is 0. The van der Waals surface area contributed by atoms with Crippen LogP contribution in [0.15, 0.2) is 0 Å². The fourth-order valence-electron chi connectivity index (χ4n) is 3.69. The van der Waals surface area contributed by atoms with Gasteiger partial charge in [-0.15, -0.1) is 0 Å². The highest BCUT2D eigenvalue weighted by Crippen LogP contribution is 2.53. The Morgan fingerprint density at radius 1 is 1.14 bits per heavy atom. The van der Waals surface area contributed by atoms with E-state index in [9.17, 15) is 0 Å². The van der Waals surface area contributed by atoms with Gasteiger partial charge in [0, 0.05) is 0 Å². The molecule has 0 aliphatic heterocycles. The Bertz CT molecular complexity index is 192. The smallest absolute Gasteiger partial charge is 0.0298 e. The molecular formula is C14H26. The fourth-order valence-corrected chi connectivity index (χ4v) is 3.69. The van der Waals surface area contributed by atoms with E-state index >= 15 is 0 Å². The summed E-state index contributed by atoms with van der Waals surface area (Å²) >= 11 is 0. The molecule has 0 aromatic carbocycles. The highest BCUT2D eigenvalue weighted by Gasteiger charge is 2.42. The first-order chi connectivity index (χ1) is 6.68. The maximum atomic E-state index is 2.54. The molecular weight excluding hydrogens is 168 g/mol. The van der Waals surface area contributed by atoms with Crippen LogP contribution in [-0.2, 0) is 0 Å². The number of rotatable bonds is 4. The quantitative estimate of drug-likeness (QED) is 0.611. The van der Waals surface area contributed by atoms with Crippen LogP contribution in [0, 0.1) is 23.2 Å². The molecule has 2 saturated carbocycles. The summed E-state index contributed by atoms with van der Waals surface area (Å²) < 4.78 is 0. The molecule has 2 aliphatic rings. The summed E-state index contributed by atoms with van der Waals surface area (Å²) in [4.78, 5) is 0. The van der Waals surface area contributed by atoms with Crippen molar-refractivity contribution in [3.05, 3.63) is 0 Å². The Labute approximate surface area is 89.5 Å². The van der Waals surface area contributed by atoms with Gasteiger partial charge in [0.05, 0.1) is 0 Å². The Kier molecular flexibility index (Phi) is 2.91. The van der Waals surface area contributed by atoms with E-state index in [1.165, 1.54) is 38.5 Å². The summed E-state index contributed by atoms with van der Waals surface area (Å²) in [5.74, 6) is 3.24. The zero-order valence-corrected chi connectivity index (χ0v) is 10.2. The molecule has 0 heterocycles. The molecule has 2 rings (SSSR count). The number of hydrogen-bond acceptors (Lipinski definition) is 0. The van der Waals surface area contributed by atoms with E-state index in [4.69, 9.17) is 0 Å². The van der Waals surface area contributed by atoms with Crippen molar-refractivity contribution >= 4 is 0 Å². The van der Waals surface area contributed by atoms with E-state index in [1.807, 2.05) is 0 Å². The summed E-state index contributed by atoms with van der Waals surface area (Å²) in [6.07, 6.45) is 10.5. The van der Waals surface area contributed by atoms with E-state index in [1.54, 1.807) is 6.42 Å². The van der Waals surface area contributed by atoms with Crippen LogP contribution in [0.5, 0.6) is 0 Å². The van der Waals surface area contributed by atoms with Crippen LogP contribution in [0.4, 0.5) is 0 Å². The molecule has 82 valence electrons. The lowest BCUT2D eigenvalue weighted by Gasteiger charge is -2.29. The molecule has 3 atom stereocenters. The van der Waals surface area contributed by atoms with Gasteiger partial charge >= 0.3 is 0 Å². The second-order valence-corrected chi connectivity index (χ2v) is 6.10. The van der Waals surface area contributed by atoms with Crippen LogP contribution in [0.3, 0.4) is 0 Å². The topological polar surface area (TPSA) is 0 Å². The van der Waals surface area contributed by atoms with Gasteiger partial charge in [0.15, 0.2) is 0 Å². The van der Waals surface area contributed by atoms with Gasteiger partial charge in [0.2, 0.25) is 0 Å². The van der Waals surface area contributed by atoms with Crippen LogP contribution in [0.2, 0.25) is 0 Å². The van der Waals surface area contributed by atoms with E-state index in [-0.39, 0.29) is 0 Å². The third-order valence-corrected chi connectivity index (χ3v) is 5.02. The van der Waals surface area contributed by atoms with Crippen molar-refractivity contribution in [3.63, 3.8) is 0 Å². The van der Waals surface area contributed by atoms with E-state index in [0.717, 1.165) is 17.8 Å². The molecule has 0 aromatic rings. The third-order valence-electron chi connectivity index (χ3n) is 5.02. The maximum absolute atomic E-state index is 2.54. The average Bonchev–Trinajstić information content (AvgIpc) is 2.91. The van der Waals surface area contributed by atoms with Crippen molar-refractivity contribution in [2.75, 3.05) is 0 Å². The van der Waals surface area contributed by atoms with Crippen molar-refractivity contribution in [3.8, 4) is 0 Å². The predicted octanol–water partition coefficient (Wildman–Crippen LogP) is 4.64. The van der Waals surface area contributed by atoms with Crippen LogP contribution >= 0.6 is 0 Å². The number of hydrogen-bond donors (Lipinski definition) is 0. The third kappa shape index (κ3) is 1.99. The lowest BCUT2D eigenvalue weighted by atomic mass is 9.76. The molecule has 0 heteroatoms. The Morgan fingerprint density at radius 3 is 2.29 bits per heavy atom. The Hall–Kier alpha value is 0. The van der Waals surface area contributed by atoms with Gasteiger partial charge in [0.1, 0.15) is 0 Å². The monoisotopic (exact) mass is 194 g/mol. The van der Waals surface area contributed by atoms with Crippen molar-refractivity contribution in [2.24, 2.45) is 23.2 Å². The Balaban J connectivity index is 1.92. The molecule has 0 bridgehead atoms. The molecule has 14 heavy (non-hydrogen) atoms. The summed E-state index contributed by atoms with van der Waals surface area (Å²) in [5, 5.41) is 0. The van der Waals surface area contributed by atoms with Gasteiger partial charge in [-0.25, -0.2) is 0 Å². The average molecular weight is 194 g/mol.